The molecule has 2 aromatic carbocycles. The van der Waals surface area contributed by atoms with Crippen LogP contribution in [-0.4, -0.2) is 157 Å². The third kappa shape index (κ3) is 10.8. The van der Waals surface area contributed by atoms with Crippen LogP contribution >= 0.6 is 0 Å². The highest BCUT2D eigenvalue weighted by molar-refractivity contribution is 5.91. The number of likely N-dealkylation sites (N-methyl/N-ethyl adjacent to an activating group) is 2. The molecule has 0 aromatic heterocycles. The molecule has 2 unspecified atom stereocenters. The van der Waals surface area contributed by atoms with Crippen LogP contribution < -0.4 is 21.3 Å². The van der Waals surface area contributed by atoms with Crippen LogP contribution in [0.2, 0.25) is 0 Å². The summed E-state index contributed by atoms with van der Waals surface area (Å²) >= 11 is 0. The number of carbonyl (C=O) groups is 6. The van der Waals surface area contributed by atoms with Gasteiger partial charge < -0.3 is 50.3 Å². The monoisotopic (exact) mass is 935 g/mol. The molecule has 4 N–H and O–H groups in total. The Bertz CT molecular complexity index is 2040. The zero-order valence-corrected chi connectivity index (χ0v) is 40.1. The molecule has 16 heteroatoms. The standard InChI is InChI=1S/C52H70N8O8/c1-33(53-3)47(61)55-41-21-13-19-39-29-37-23-25-57(31-43(37)59(39)49(41)63)51(65)45(35-15-7-5-8-16-35)67-27-11-12-28-68-46(36-17-9-6-10-18-36)52(66)58-26-24-38-30-40-20-14-22-42(56-48(62)34(2)54-4)50(64)60(40)44(38)32-58/h5-10,15-18,33-34,37-46,53-54H,13-14,19-32H2,1-4H3,(H,55,61)(H,56,62)/t33-,34-,37+,38+,39-,40-,41-,42-,43+,44+,45?,46?/m0/s1. The Balaban J connectivity index is 0.900. The molecule has 2 aromatic rings. The number of ether oxygens (including phenoxy) is 2. The zero-order valence-electron chi connectivity index (χ0n) is 40.1. The van der Waals surface area contributed by atoms with Crippen LogP contribution in [0.15, 0.2) is 60.7 Å². The first-order valence-corrected chi connectivity index (χ1v) is 24.9. The van der Waals surface area contributed by atoms with E-state index in [0.29, 0.717) is 50.1 Å². The van der Waals surface area contributed by atoms with E-state index < -0.39 is 36.4 Å². The summed E-state index contributed by atoms with van der Waals surface area (Å²) in [6, 6.07) is 16.6. The summed E-state index contributed by atoms with van der Waals surface area (Å²) in [6.07, 6.45) is 6.13. The first-order chi connectivity index (χ1) is 33.0. The summed E-state index contributed by atoms with van der Waals surface area (Å²) in [5.74, 6) is 5.69. The molecule has 16 nitrogen and oxygen atoms in total. The van der Waals surface area contributed by atoms with Crippen molar-refractivity contribution in [3.8, 4) is 11.8 Å². The van der Waals surface area contributed by atoms with Crippen molar-refractivity contribution in [3.05, 3.63) is 71.8 Å². The van der Waals surface area contributed by atoms with Crippen LogP contribution in [0.25, 0.3) is 0 Å². The minimum Gasteiger partial charge on any atom is -0.351 e. The van der Waals surface area contributed by atoms with Crippen molar-refractivity contribution in [1.82, 2.24) is 40.9 Å². The van der Waals surface area contributed by atoms with E-state index in [2.05, 4.69) is 33.1 Å². The molecule has 8 rings (SSSR count). The van der Waals surface area contributed by atoms with Crippen LogP contribution in [0.4, 0.5) is 0 Å². The number of piperidine rings is 2. The van der Waals surface area contributed by atoms with Gasteiger partial charge in [0.25, 0.3) is 11.8 Å². The van der Waals surface area contributed by atoms with Gasteiger partial charge in [0.1, 0.15) is 25.3 Å². The molecule has 0 aliphatic carbocycles. The van der Waals surface area contributed by atoms with E-state index in [1.807, 2.05) is 80.3 Å². The van der Waals surface area contributed by atoms with Crippen molar-refractivity contribution < 1.29 is 38.2 Å². The number of nitrogens with one attached hydrogen (secondary N) is 4. The maximum absolute atomic E-state index is 14.5. The predicted octanol–water partition coefficient (Wildman–Crippen LogP) is 2.69. The molecule has 12 atom stereocenters. The van der Waals surface area contributed by atoms with Crippen LogP contribution in [0.3, 0.4) is 0 Å². The summed E-state index contributed by atoms with van der Waals surface area (Å²) in [5.41, 5.74) is 1.40. The second-order valence-electron chi connectivity index (χ2n) is 19.6. The van der Waals surface area contributed by atoms with Crippen molar-refractivity contribution >= 4 is 35.4 Å². The van der Waals surface area contributed by atoms with E-state index in [-0.39, 0.29) is 84.7 Å². The first kappa shape index (κ1) is 49.1. The largest absolute Gasteiger partial charge is 0.351 e. The third-order valence-corrected chi connectivity index (χ3v) is 15.6. The van der Waals surface area contributed by atoms with E-state index in [0.717, 1.165) is 51.4 Å². The SMILES string of the molecule is CN[C@@H](C)C(=O)N[C@H]1CCC[C@H]2C[C@H]3CCN(C(=O)C(OCC#CCOC(C(=O)N4CC[C@@H]5C[C@@H]6CCC[C@H](NC(=O)[C@H](C)NC)C(=O)N6[C@@H]5C4)c4ccccc4)c4ccccc4)C[C@H]3N2C1=O. The first-order valence-electron chi connectivity index (χ1n) is 24.9. The maximum Gasteiger partial charge on any atom is 0.256 e. The molecule has 0 spiro atoms. The fraction of sp³-hybridized carbons (Fsp3) is 0.615. The van der Waals surface area contributed by atoms with Crippen LogP contribution in [0.5, 0.6) is 0 Å². The highest BCUT2D eigenvalue weighted by atomic mass is 16.5. The average Bonchev–Trinajstić information content (AvgIpc) is 3.82. The number of carbonyl (C=O) groups excluding carboxylic acids is 6. The summed E-state index contributed by atoms with van der Waals surface area (Å²) in [5, 5.41) is 11.9. The third-order valence-electron chi connectivity index (χ3n) is 15.6. The molecule has 6 saturated heterocycles. The van der Waals surface area contributed by atoms with E-state index in [4.69, 9.17) is 9.47 Å². The minimum atomic E-state index is -0.925. The van der Waals surface area contributed by atoms with Crippen molar-refractivity contribution in [2.75, 3.05) is 53.5 Å². The van der Waals surface area contributed by atoms with E-state index >= 15 is 0 Å². The van der Waals surface area contributed by atoms with E-state index in [9.17, 15) is 28.8 Å². The van der Waals surface area contributed by atoms with Crippen molar-refractivity contribution in [2.24, 2.45) is 11.8 Å². The van der Waals surface area contributed by atoms with Gasteiger partial charge >= 0.3 is 0 Å². The fourth-order valence-electron chi connectivity index (χ4n) is 11.6. The molecule has 6 aliphatic heterocycles. The topological polar surface area (TPSA) is 182 Å². The molecular formula is C52H70N8O8. The van der Waals surface area contributed by atoms with Gasteiger partial charge in [0.2, 0.25) is 23.6 Å². The fourth-order valence-corrected chi connectivity index (χ4v) is 11.6. The number of rotatable bonds is 14. The molecule has 0 bridgehead atoms. The van der Waals surface area contributed by atoms with Gasteiger partial charge in [0.05, 0.1) is 24.2 Å². The van der Waals surface area contributed by atoms with Crippen molar-refractivity contribution in [1.29, 1.82) is 0 Å². The van der Waals surface area contributed by atoms with Crippen molar-refractivity contribution in [2.45, 2.75) is 139 Å². The van der Waals surface area contributed by atoms with Crippen LogP contribution in [0.1, 0.15) is 101 Å². The summed E-state index contributed by atoms with van der Waals surface area (Å²) in [6.45, 7) is 5.31. The molecule has 6 amide bonds. The molecule has 0 radical (unpaired) electrons. The van der Waals surface area contributed by atoms with E-state index in [1.165, 1.54) is 0 Å². The van der Waals surface area contributed by atoms with Gasteiger partial charge in [0.15, 0.2) is 12.2 Å². The number of likely N-dealkylation sites (tertiary alicyclic amines) is 2. The molecular weight excluding hydrogens is 865 g/mol. The quantitative estimate of drug-likeness (QED) is 0.206. The van der Waals surface area contributed by atoms with Crippen LogP contribution in [-0.2, 0) is 38.2 Å². The number of amides is 6. The smallest absolute Gasteiger partial charge is 0.256 e. The lowest BCUT2D eigenvalue weighted by Crippen LogP contribution is -2.58. The van der Waals surface area contributed by atoms with E-state index in [1.54, 1.807) is 27.9 Å². The number of hydrogen-bond acceptors (Lipinski definition) is 10. The lowest BCUT2D eigenvalue weighted by molar-refractivity contribution is -0.149. The summed E-state index contributed by atoms with van der Waals surface area (Å²) in [4.78, 5) is 90.3. The molecule has 68 heavy (non-hydrogen) atoms. The van der Waals surface area contributed by atoms with Gasteiger partial charge in [-0.15, -0.1) is 0 Å². The van der Waals surface area contributed by atoms with Gasteiger partial charge in [-0.05, 0) is 115 Å². The normalized spacial score (nSPS) is 28.5. The second-order valence-corrected chi connectivity index (χ2v) is 19.6. The Morgan fingerprint density at radius 1 is 0.603 bits per heavy atom. The Morgan fingerprint density at radius 3 is 1.38 bits per heavy atom. The summed E-state index contributed by atoms with van der Waals surface area (Å²) in [7, 11) is 3.44. The minimum absolute atomic E-state index is 0.0621. The second kappa shape index (κ2) is 22.4. The number of nitrogens with zero attached hydrogens (tertiary/aromatic N) is 4. The van der Waals surface area contributed by atoms with Gasteiger partial charge in [-0.25, -0.2) is 0 Å². The Kier molecular flexibility index (Phi) is 16.2. The maximum atomic E-state index is 14.5. The molecule has 366 valence electrons. The average molecular weight is 935 g/mol. The Hall–Kier alpha value is -5.34. The van der Waals surface area contributed by atoms with Crippen molar-refractivity contribution in [3.63, 3.8) is 0 Å². The van der Waals surface area contributed by atoms with Crippen LogP contribution in [0, 0.1) is 23.7 Å². The van der Waals surface area contributed by atoms with Gasteiger partial charge in [-0.2, -0.15) is 0 Å². The lowest BCUT2D eigenvalue weighted by Gasteiger charge is -2.41. The highest BCUT2D eigenvalue weighted by Gasteiger charge is 2.51. The summed E-state index contributed by atoms with van der Waals surface area (Å²) < 4.78 is 12.6. The molecule has 0 saturated carbocycles. The number of fused-ring (bicyclic) bond motifs is 6. The highest BCUT2D eigenvalue weighted by Crippen LogP contribution is 2.42. The lowest BCUT2D eigenvalue weighted by atomic mass is 9.89. The zero-order chi connectivity index (χ0) is 47.9. The Labute approximate surface area is 400 Å². The molecule has 6 fully saturated rings. The van der Waals surface area contributed by atoms with Gasteiger partial charge in [-0.1, -0.05) is 72.5 Å². The van der Waals surface area contributed by atoms with Gasteiger partial charge in [0, 0.05) is 38.3 Å². The molecule has 6 heterocycles. The molecule has 6 aliphatic rings. The number of benzene rings is 2. The predicted molar refractivity (Wildman–Crippen MR) is 254 cm³/mol. The Morgan fingerprint density at radius 2 is 1.00 bits per heavy atom. The number of hydrogen-bond donors (Lipinski definition) is 4. The van der Waals surface area contributed by atoms with Gasteiger partial charge in [-0.3, -0.25) is 28.8 Å².